The van der Waals surface area contributed by atoms with Gasteiger partial charge in [-0.15, -0.1) is 0 Å². The summed E-state index contributed by atoms with van der Waals surface area (Å²) in [6.45, 7) is -0.306. The molecule has 0 unspecified atom stereocenters. The van der Waals surface area contributed by atoms with E-state index in [2.05, 4.69) is 17.1 Å². The van der Waals surface area contributed by atoms with E-state index in [0.717, 1.165) is 30.4 Å². The second kappa shape index (κ2) is 8.62. The van der Waals surface area contributed by atoms with Gasteiger partial charge in [0.1, 0.15) is 5.82 Å². The van der Waals surface area contributed by atoms with Crippen LogP contribution in [-0.4, -0.2) is 27.9 Å². The molecule has 3 aromatic carbocycles. The third kappa shape index (κ3) is 4.05. The number of ketones is 1. The number of hydrogen-bond acceptors (Lipinski definition) is 5. The van der Waals surface area contributed by atoms with Crippen molar-refractivity contribution >= 4 is 22.7 Å². The minimum absolute atomic E-state index is 0.0579. The predicted octanol–water partition coefficient (Wildman–Crippen LogP) is 4.66. The van der Waals surface area contributed by atoms with Crippen molar-refractivity contribution in [1.29, 1.82) is 0 Å². The number of aromatic nitrogens is 2. The Labute approximate surface area is 202 Å². The van der Waals surface area contributed by atoms with Crippen molar-refractivity contribution in [3.63, 3.8) is 0 Å². The van der Waals surface area contributed by atoms with Gasteiger partial charge in [0.25, 0.3) is 5.56 Å². The maximum Gasteiger partial charge on any atom is 0.306 e. The molecular formula is C29H24N2O4. The number of carbonyl (C=O) groups is 2. The van der Waals surface area contributed by atoms with Crippen molar-refractivity contribution in [2.24, 2.45) is 0 Å². The Balaban J connectivity index is 1.12. The van der Waals surface area contributed by atoms with Crippen LogP contribution in [0, 0.1) is 0 Å². The number of ether oxygens (including phenoxy) is 1. The fraction of sp³-hybridized carbons (Fsp3) is 0.241. The first kappa shape index (κ1) is 21.5. The number of esters is 1. The standard InChI is InChI=1S/C29H24N2O4/c32-26(20-10-9-19-15-18-5-1-2-6-22(18)24(19)16-20)17-35-28(33)14-13-27-30-25-8-4-3-7-23(25)29(34)31(27)21-11-12-21/h1-10,16,21H,11-15,17H2. The van der Waals surface area contributed by atoms with Gasteiger partial charge in [-0.25, -0.2) is 4.98 Å². The van der Waals surface area contributed by atoms with Crippen LogP contribution in [-0.2, 0) is 22.4 Å². The van der Waals surface area contributed by atoms with E-state index < -0.39 is 5.97 Å². The van der Waals surface area contributed by atoms with Crippen LogP contribution in [0.15, 0.2) is 71.5 Å². The summed E-state index contributed by atoms with van der Waals surface area (Å²) in [5, 5.41) is 0.591. The molecular weight excluding hydrogens is 440 g/mol. The average Bonchev–Trinajstić information content (AvgIpc) is 3.65. The Hall–Kier alpha value is -4.06. The average molecular weight is 465 g/mol. The van der Waals surface area contributed by atoms with Gasteiger partial charge in [0.2, 0.25) is 0 Å². The molecule has 6 nitrogen and oxygen atoms in total. The van der Waals surface area contributed by atoms with Gasteiger partial charge in [-0.2, -0.15) is 0 Å². The molecule has 1 fully saturated rings. The zero-order valence-corrected chi connectivity index (χ0v) is 19.2. The molecule has 35 heavy (non-hydrogen) atoms. The van der Waals surface area contributed by atoms with Gasteiger partial charge < -0.3 is 4.74 Å². The van der Waals surface area contributed by atoms with Crippen molar-refractivity contribution < 1.29 is 14.3 Å². The molecule has 4 aromatic rings. The van der Waals surface area contributed by atoms with Crippen LogP contribution in [0.5, 0.6) is 0 Å². The SMILES string of the molecule is O=C(CCc1nc2ccccc2c(=O)n1C1CC1)OCC(=O)c1ccc2c(c1)-c1ccccc1C2. The summed E-state index contributed by atoms with van der Waals surface area (Å²) >= 11 is 0. The summed E-state index contributed by atoms with van der Waals surface area (Å²) in [5.41, 5.74) is 5.78. The second-order valence-electron chi connectivity index (χ2n) is 9.24. The third-order valence-electron chi connectivity index (χ3n) is 6.83. The molecule has 2 aliphatic rings. The maximum absolute atomic E-state index is 13.0. The first-order valence-corrected chi connectivity index (χ1v) is 12.0. The molecule has 1 aromatic heterocycles. The summed E-state index contributed by atoms with van der Waals surface area (Å²) in [7, 11) is 0. The fourth-order valence-corrected chi connectivity index (χ4v) is 4.89. The molecule has 6 rings (SSSR count). The molecule has 0 N–H and O–H groups in total. The molecule has 174 valence electrons. The number of benzene rings is 3. The molecule has 0 saturated heterocycles. The van der Waals surface area contributed by atoms with Crippen LogP contribution in [0.2, 0.25) is 0 Å². The summed E-state index contributed by atoms with van der Waals surface area (Å²) in [4.78, 5) is 42.8. The lowest BCUT2D eigenvalue weighted by atomic mass is 10.0. The number of para-hydroxylation sites is 1. The molecule has 6 heteroatoms. The van der Waals surface area contributed by atoms with Crippen molar-refractivity contribution in [3.05, 3.63) is 99.6 Å². The molecule has 1 heterocycles. The Bertz CT molecular complexity index is 1550. The van der Waals surface area contributed by atoms with Crippen LogP contribution in [0.25, 0.3) is 22.0 Å². The number of carbonyl (C=O) groups excluding carboxylic acids is 2. The van der Waals surface area contributed by atoms with E-state index in [1.54, 1.807) is 16.7 Å². The van der Waals surface area contributed by atoms with Crippen molar-refractivity contribution in [1.82, 2.24) is 9.55 Å². The third-order valence-corrected chi connectivity index (χ3v) is 6.83. The van der Waals surface area contributed by atoms with Gasteiger partial charge in [0.05, 0.1) is 17.3 Å². The number of aryl methyl sites for hydroxylation is 1. The van der Waals surface area contributed by atoms with Gasteiger partial charge >= 0.3 is 5.97 Å². The highest BCUT2D eigenvalue weighted by Crippen LogP contribution is 2.37. The maximum atomic E-state index is 13.0. The topological polar surface area (TPSA) is 78.3 Å². The number of Topliss-reactive ketones (excluding diaryl/α,β-unsaturated/α-hetero) is 1. The monoisotopic (exact) mass is 464 g/mol. The van der Waals surface area contributed by atoms with E-state index in [9.17, 15) is 14.4 Å². The summed E-state index contributed by atoms with van der Waals surface area (Å²) in [6, 6.07) is 21.3. The number of fused-ring (bicyclic) bond motifs is 4. The molecule has 2 aliphatic carbocycles. The molecule has 0 radical (unpaired) electrons. The normalized spacial score (nSPS) is 13.9. The smallest absolute Gasteiger partial charge is 0.306 e. The van der Waals surface area contributed by atoms with E-state index >= 15 is 0 Å². The molecule has 0 bridgehead atoms. The predicted molar refractivity (Wildman–Crippen MR) is 133 cm³/mol. The second-order valence-corrected chi connectivity index (χ2v) is 9.24. The fourth-order valence-electron chi connectivity index (χ4n) is 4.89. The Morgan fingerprint density at radius 2 is 1.71 bits per heavy atom. The highest BCUT2D eigenvalue weighted by atomic mass is 16.5. The number of hydrogen-bond donors (Lipinski definition) is 0. The molecule has 0 spiro atoms. The minimum Gasteiger partial charge on any atom is -0.457 e. The lowest BCUT2D eigenvalue weighted by Gasteiger charge is -2.12. The van der Waals surface area contributed by atoms with Crippen LogP contribution in [0.1, 0.15) is 52.6 Å². The first-order valence-electron chi connectivity index (χ1n) is 12.0. The van der Waals surface area contributed by atoms with Crippen LogP contribution in [0.4, 0.5) is 0 Å². The van der Waals surface area contributed by atoms with E-state index in [1.807, 2.05) is 42.5 Å². The van der Waals surface area contributed by atoms with E-state index in [4.69, 9.17) is 4.74 Å². The Kier molecular flexibility index (Phi) is 5.29. The zero-order valence-electron chi connectivity index (χ0n) is 19.2. The van der Waals surface area contributed by atoms with Gasteiger partial charge in [0.15, 0.2) is 12.4 Å². The van der Waals surface area contributed by atoms with Crippen LogP contribution in [0.3, 0.4) is 0 Å². The minimum atomic E-state index is -0.477. The largest absolute Gasteiger partial charge is 0.457 e. The van der Waals surface area contributed by atoms with E-state index in [-0.39, 0.29) is 30.4 Å². The van der Waals surface area contributed by atoms with Crippen LogP contribution < -0.4 is 5.56 Å². The number of rotatable bonds is 7. The van der Waals surface area contributed by atoms with Crippen molar-refractivity contribution in [2.45, 2.75) is 38.1 Å². The van der Waals surface area contributed by atoms with Gasteiger partial charge in [-0.3, -0.25) is 19.0 Å². The number of nitrogens with zero attached hydrogens (tertiary/aromatic N) is 2. The van der Waals surface area contributed by atoms with Gasteiger partial charge in [-0.05, 0) is 59.7 Å². The first-order chi connectivity index (χ1) is 17.1. The molecule has 0 aliphatic heterocycles. The quantitative estimate of drug-likeness (QED) is 0.259. The summed E-state index contributed by atoms with van der Waals surface area (Å²) < 4.78 is 7.02. The molecule has 0 amide bonds. The van der Waals surface area contributed by atoms with Crippen molar-refractivity contribution in [2.75, 3.05) is 6.61 Å². The molecule has 0 atom stereocenters. The van der Waals surface area contributed by atoms with E-state index in [0.29, 0.717) is 28.7 Å². The molecule has 1 saturated carbocycles. The van der Waals surface area contributed by atoms with Crippen LogP contribution >= 0.6 is 0 Å². The summed E-state index contributed by atoms with van der Waals surface area (Å²) in [6.07, 6.45) is 3.10. The van der Waals surface area contributed by atoms with Crippen molar-refractivity contribution in [3.8, 4) is 11.1 Å². The van der Waals surface area contributed by atoms with Gasteiger partial charge in [-0.1, -0.05) is 48.5 Å². The lowest BCUT2D eigenvalue weighted by molar-refractivity contribution is -0.142. The van der Waals surface area contributed by atoms with E-state index in [1.165, 1.54) is 11.1 Å². The summed E-state index contributed by atoms with van der Waals surface area (Å²) in [5.74, 6) is -0.115. The Morgan fingerprint density at radius 1 is 0.943 bits per heavy atom. The lowest BCUT2D eigenvalue weighted by Crippen LogP contribution is -2.25. The zero-order chi connectivity index (χ0) is 23.9. The highest BCUT2D eigenvalue weighted by molar-refractivity contribution is 5.99. The van der Waals surface area contributed by atoms with Gasteiger partial charge in [0, 0.05) is 18.0 Å². The highest BCUT2D eigenvalue weighted by Gasteiger charge is 2.28. The Morgan fingerprint density at radius 3 is 2.57 bits per heavy atom.